The molecule has 1 aromatic carbocycles. The average molecular weight is 429 g/mol. The van der Waals surface area contributed by atoms with Gasteiger partial charge in [-0.3, -0.25) is 14.6 Å². The maximum atomic E-state index is 13.1. The zero-order valence-electron chi connectivity index (χ0n) is 17.0. The molecule has 1 aliphatic heterocycles. The predicted molar refractivity (Wildman–Crippen MR) is 119 cm³/mol. The number of nitrogens with zero attached hydrogens (tertiary/aromatic N) is 2. The van der Waals surface area contributed by atoms with Crippen molar-refractivity contribution in [2.75, 3.05) is 39.3 Å². The summed E-state index contributed by atoms with van der Waals surface area (Å²) in [5.41, 5.74) is 0.784. The van der Waals surface area contributed by atoms with Crippen LogP contribution < -0.4 is 0 Å². The lowest BCUT2D eigenvalue weighted by Gasteiger charge is -2.42. The summed E-state index contributed by atoms with van der Waals surface area (Å²) >= 11 is 0. The molecule has 1 aromatic rings. The number of carbonyl (C=O) groups is 1. The lowest BCUT2D eigenvalue weighted by atomic mass is 9.67. The van der Waals surface area contributed by atoms with Crippen molar-refractivity contribution >= 4 is 30.6 Å². The van der Waals surface area contributed by atoms with Crippen molar-refractivity contribution in [3.8, 4) is 0 Å². The molecule has 4 nitrogen and oxygen atoms in total. The van der Waals surface area contributed by atoms with E-state index in [2.05, 4.69) is 29.7 Å². The maximum absolute atomic E-state index is 13.1. The first-order valence-electron chi connectivity index (χ1n) is 9.89. The van der Waals surface area contributed by atoms with E-state index in [4.69, 9.17) is 0 Å². The van der Waals surface area contributed by atoms with Crippen LogP contribution in [-0.2, 0) is 10.4 Å². The number of carbonyl (C=O) groups excluding carboxylic acids is 1. The van der Waals surface area contributed by atoms with Gasteiger partial charge >= 0.3 is 0 Å². The number of Topliss-reactive ketones (excluding diaryl/α,β-unsaturated/α-hetero) is 1. The quantitative estimate of drug-likeness (QED) is 0.672. The van der Waals surface area contributed by atoms with E-state index in [0.29, 0.717) is 6.54 Å². The van der Waals surface area contributed by atoms with Crippen LogP contribution in [0.2, 0.25) is 0 Å². The Bertz CT molecular complexity index is 637. The summed E-state index contributed by atoms with van der Waals surface area (Å²) in [6.45, 7) is 9.31. The SMILES string of the molecule is CC(C)=CCN1CCN(CC(=O)C(O)(c2ccccc2)C2CCC2)CC1.Cl.Cl. The van der Waals surface area contributed by atoms with E-state index in [1.807, 2.05) is 30.3 Å². The van der Waals surface area contributed by atoms with Crippen LogP contribution in [0.15, 0.2) is 42.0 Å². The van der Waals surface area contributed by atoms with Gasteiger partial charge < -0.3 is 5.11 Å². The van der Waals surface area contributed by atoms with Gasteiger partial charge in [-0.1, -0.05) is 48.4 Å². The van der Waals surface area contributed by atoms with Crippen LogP contribution in [0.3, 0.4) is 0 Å². The summed E-state index contributed by atoms with van der Waals surface area (Å²) in [5, 5.41) is 11.4. The molecule has 2 fully saturated rings. The van der Waals surface area contributed by atoms with Crippen LogP contribution in [0.1, 0.15) is 38.7 Å². The molecular weight excluding hydrogens is 395 g/mol. The van der Waals surface area contributed by atoms with Crippen molar-refractivity contribution in [2.45, 2.75) is 38.7 Å². The summed E-state index contributed by atoms with van der Waals surface area (Å²) in [6, 6.07) is 9.55. The number of piperazine rings is 1. The molecule has 0 radical (unpaired) electrons. The molecule has 1 N–H and O–H groups in total. The largest absolute Gasteiger partial charge is 0.377 e. The van der Waals surface area contributed by atoms with Crippen molar-refractivity contribution in [1.82, 2.24) is 9.80 Å². The predicted octanol–water partition coefficient (Wildman–Crippen LogP) is 3.67. The van der Waals surface area contributed by atoms with Crippen LogP contribution in [0.25, 0.3) is 0 Å². The van der Waals surface area contributed by atoms with Gasteiger partial charge in [0.2, 0.25) is 0 Å². The van der Waals surface area contributed by atoms with Gasteiger partial charge in [-0.2, -0.15) is 0 Å². The minimum absolute atomic E-state index is 0. The third-order valence-electron chi connectivity index (χ3n) is 5.92. The number of hydrogen-bond donors (Lipinski definition) is 1. The van der Waals surface area contributed by atoms with Gasteiger partial charge in [-0.05, 0) is 38.2 Å². The van der Waals surface area contributed by atoms with Gasteiger partial charge in [-0.25, -0.2) is 0 Å². The molecule has 2 aliphatic rings. The Morgan fingerprint density at radius 3 is 2.14 bits per heavy atom. The highest BCUT2D eigenvalue weighted by Crippen LogP contribution is 2.43. The Hall–Kier alpha value is -0.910. The molecule has 1 aliphatic carbocycles. The molecule has 3 rings (SSSR count). The summed E-state index contributed by atoms with van der Waals surface area (Å²) in [5.74, 6) is 0.0301. The summed E-state index contributed by atoms with van der Waals surface area (Å²) < 4.78 is 0. The smallest absolute Gasteiger partial charge is 0.183 e. The second kappa shape index (κ2) is 11.3. The normalized spacial score (nSPS) is 20.1. The number of aliphatic hydroxyl groups is 1. The molecule has 1 saturated carbocycles. The Kier molecular flexibility index (Phi) is 10.2. The molecule has 0 spiro atoms. The fourth-order valence-electron chi connectivity index (χ4n) is 3.91. The highest BCUT2D eigenvalue weighted by molar-refractivity contribution is 5.90. The van der Waals surface area contributed by atoms with Crippen molar-refractivity contribution in [1.29, 1.82) is 0 Å². The van der Waals surface area contributed by atoms with Crippen LogP contribution >= 0.6 is 24.8 Å². The number of hydrogen-bond acceptors (Lipinski definition) is 4. The highest BCUT2D eigenvalue weighted by Gasteiger charge is 2.47. The minimum Gasteiger partial charge on any atom is -0.377 e. The number of allylic oxidation sites excluding steroid dienone is 1. The van der Waals surface area contributed by atoms with Crippen molar-refractivity contribution in [3.63, 3.8) is 0 Å². The molecule has 1 saturated heterocycles. The second-order valence-electron chi connectivity index (χ2n) is 8.04. The van der Waals surface area contributed by atoms with E-state index in [1.54, 1.807) is 0 Å². The molecule has 0 aromatic heterocycles. The molecule has 1 atom stereocenters. The lowest BCUT2D eigenvalue weighted by molar-refractivity contribution is -0.151. The van der Waals surface area contributed by atoms with Crippen LogP contribution in [0.4, 0.5) is 0 Å². The number of rotatable bonds is 7. The topological polar surface area (TPSA) is 43.8 Å². The van der Waals surface area contributed by atoms with E-state index in [1.165, 1.54) is 5.57 Å². The molecule has 1 unspecified atom stereocenters. The van der Waals surface area contributed by atoms with E-state index in [0.717, 1.165) is 57.5 Å². The van der Waals surface area contributed by atoms with E-state index in [-0.39, 0.29) is 36.5 Å². The van der Waals surface area contributed by atoms with Gasteiger partial charge in [0.1, 0.15) is 0 Å². The molecule has 0 amide bonds. The Labute approximate surface area is 181 Å². The zero-order valence-corrected chi connectivity index (χ0v) is 18.6. The van der Waals surface area contributed by atoms with Crippen LogP contribution in [0, 0.1) is 5.92 Å². The molecule has 28 heavy (non-hydrogen) atoms. The summed E-state index contributed by atoms with van der Waals surface area (Å²) in [7, 11) is 0. The maximum Gasteiger partial charge on any atom is 0.183 e. The van der Waals surface area contributed by atoms with Crippen molar-refractivity contribution in [3.05, 3.63) is 47.5 Å². The number of benzene rings is 1. The van der Waals surface area contributed by atoms with Gasteiger partial charge in [0.05, 0.1) is 6.54 Å². The Balaban J connectivity index is 0.00000196. The van der Waals surface area contributed by atoms with Crippen LogP contribution in [0.5, 0.6) is 0 Å². The molecule has 158 valence electrons. The number of halogens is 2. The van der Waals surface area contributed by atoms with Gasteiger partial charge in [0.15, 0.2) is 11.4 Å². The summed E-state index contributed by atoms with van der Waals surface area (Å²) in [4.78, 5) is 17.8. The zero-order chi connectivity index (χ0) is 18.6. The Morgan fingerprint density at radius 1 is 1.07 bits per heavy atom. The Morgan fingerprint density at radius 2 is 1.64 bits per heavy atom. The third kappa shape index (κ3) is 5.80. The molecule has 1 heterocycles. The second-order valence-corrected chi connectivity index (χ2v) is 8.04. The molecule has 0 bridgehead atoms. The first kappa shape index (κ1) is 25.1. The van der Waals surface area contributed by atoms with Crippen molar-refractivity contribution < 1.29 is 9.90 Å². The monoisotopic (exact) mass is 428 g/mol. The first-order valence-corrected chi connectivity index (χ1v) is 9.89. The standard InChI is InChI=1S/C22H32N2O2.2ClH/c1-18(2)11-12-23-13-15-24(16-14-23)17-21(25)22(26,20-9-6-10-20)19-7-4-3-5-8-19;;/h3-5,7-8,11,20,26H,6,9-10,12-17H2,1-2H3;2*1H. The van der Waals surface area contributed by atoms with Crippen LogP contribution in [-0.4, -0.2) is 60.0 Å². The van der Waals surface area contributed by atoms with Gasteiger partial charge in [0.25, 0.3) is 0 Å². The van der Waals surface area contributed by atoms with E-state index < -0.39 is 5.60 Å². The lowest BCUT2D eigenvalue weighted by Crippen LogP contribution is -2.53. The van der Waals surface area contributed by atoms with E-state index >= 15 is 0 Å². The average Bonchev–Trinajstić information content (AvgIpc) is 2.60. The minimum atomic E-state index is -1.32. The third-order valence-corrected chi connectivity index (χ3v) is 5.92. The molecular formula is C22H34Cl2N2O2. The van der Waals surface area contributed by atoms with E-state index in [9.17, 15) is 9.90 Å². The van der Waals surface area contributed by atoms with Crippen molar-refractivity contribution in [2.24, 2.45) is 5.92 Å². The number of ketones is 1. The highest BCUT2D eigenvalue weighted by atomic mass is 35.5. The van der Waals surface area contributed by atoms with Gasteiger partial charge in [0, 0.05) is 32.7 Å². The summed E-state index contributed by atoms with van der Waals surface area (Å²) in [6.07, 6.45) is 5.24. The first-order chi connectivity index (χ1) is 12.5. The van der Waals surface area contributed by atoms with Gasteiger partial charge in [-0.15, -0.1) is 24.8 Å². The fraction of sp³-hybridized carbons (Fsp3) is 0.591. The molecule has 6 heteroatoms. The fourth-order valence-corrected chi connectivity index (χ4v) is 3.91.